The quantitative estimate of drug-likeness (QED) is 0.814. The van der Waals surface area contributed by atoms with Crippen molar-refractivity contribution in [1.82, 2.24) is 9.97 Å². The van der Waals surface area contributed by atoms with E-state index in [0.29, 0.717) is 31.2 Å². The molecule has 0 radical (unpaired) electrons. The molecule has 0 unspecified atom stereocenters. The average Bonchev–Trinajstić information content (AvgIpc) is 3.06. The van der Waals surface area contributed by atoms with Crippen molar-refractivity contribution in [3.8, 4) is 22.8 Å². The van der Waals surface area contributed by atoms with E-state index in [1.54, 1.807) is 13.3 Å². The van der Waals surface area contributed by atoms with Crippen LogP contribution in [0, 0.1) is 6.92 Å². The number of methoxy groups -OCH3 is 1. The molecule has 0 amide bonds. The monoisotopic (exact) mass is 342 g/mol. The zero-order valence-corrected chi connectivity index (χ0v) is 14.9. The third-order valence-corrected chi connectivity index (χ3v) is 4.34. The summed E-state index contributed by atoms with van der Waals surface area (Å²) in [7, 11) is 0.895. The average molecular weight is 342 g/mol. The first-order chi connectivity index (χ1) is 12.1. The predicted octanol–water partition coefficient (Wildman–Crippen LogP) is 2.84. The first-order valence-electron chi connectivity index (χ1n) is 8.55. The van der Waals surface area contributed by atoms with E-state index in [0.717, 1.165) is 28.8 Å². The maximum atomic E-state index is 9.60. The second-order valence-corrected chi connectivity index (χ2v) is 6.20. The highest BCUT2D eigenvalue weighted by Gasteiger charge is 2.30. The van der Waals surface area contributed by atoms with E-state index in [1.807, 2.05) is 19.2 Å². The first-order valence-corrected chi connectivity index (χ1v) is 8.55. The fourth-order valence-electron chi connectivity index (χ4n) is 2.95. The molecule has 1 fully saturated rings. The number of hydrogen-bond donors (Lipinski definition) is 1. The predicted molar refractivity (Wildman–Crippen MR) is 96.0 cm³/mol. The molecule has 0 spiro atoms. The zero-order valence-electron chi connectivity index (χ0n) is 14.9. The van der Waals surface area contributed by atoms with Crippen LogP contribution in [0.25, 0.3) is 11.1 Å². The second kappa shape index (κ2) is 7.84. The summed E-state index contributed by atoms with van der Waals surface area (Å²) in [5.41, 5.74) is 3.90. The third kappa shape index (κ3) is 3.94. The van der Waals surface area contributed by atoms with Gasteiger partial charge >= 0.3 is 7.12 Å². The molecule has 1 atom stereocenters. The summed E-state index contributed by atoms with van der Waals surface area (Å²) in [6.07, 6.45) is 5.13. The van der Waals surface area contributed by atoms with Crippen LogP contribution in [0.4, 0.5) is 0 Å². The van der Waals surface area contributed by atoms with Crippen LogP contribution in [-0.2, 0) is 4.65 Å². The minimum absolute atomic E-state index is 0.156. The SMILES string of the molecule is CCCOc1cc(-c2cc([C@H]3COB(O)C3)cnc2C)cnc1OC. The Labute approximate surface area is 148 Å². The zero-order chi connectivity index (χ0) is 17.8. The van der Waals surface area contributed by atoms with Crippen molar-refractivity contribution < 1.29 is 19.2 Å². The van der Waals surface area contributed by atoms with Crippen LogP contribution in [0.15, 0.2) is 24.5 Å². The van der Waals surface area contributed by atoms with Crippen molar-refractivity contribution in [2.75, 3.05) is 20.3 Å². The number of aryl methyl sites for hydroxylation is 1. The molecule has 1 N–H and O–H groups in total. The van der Waals surface area contributed by atoms with Gasteiger partial charge in [0, 0.05) is 41.7 Å². The van der Waals surface area contributed by atoms with Crippen LogP contribution in [0.2, 0.25) is 6.32 Å². The van der Waals surface area contributed by atoms with Crippen molar-refractivity contribution in [1.29, 1.82) is 0 Å². The van der Waals surface area contributed by atoms with Gasteiger partial charge in [-0.25, -0.2) is 4.98 Å². The van der Waals surface area contributed by atoms with Gasteiger partial charge in [-0.1, -0.05) is 6.92 Å². The van der Waals surface area contributed by atoms with Gasteiger partial charge in [0.2, 0.25) is 0 Å². The summed E-state index contributed by atoms with van der Waals surface area (Å²) in [6.45, 7) is 5.14. The summed E-state index contributed by atoms with van der Waals surface area (Å²) in [5.74, 6) is 1.27. The Balaban J connectivity index is 1.95. The van der Waals surface area contributed by atoms with Crippen LogP contribution in [0.5, 0.6) is 11.6 Å². The number of aromatic nitrogens is 2. The Hall–Kier alpha value is -2.12. The van der Waals surface area contributed by atoms with Crippen LogP contribution >= 0.6 is 0 Å². The highest BCUT2D eigenvalue weighted by molar-refractivity contribution is 6.43. The van der Waals surface area contributed by atoms with Gasteiger partial charge in [0.25, 0.3) is 5.88 Å². The summed E-state index contributed by atoms with van der Waals surface area (Å²) in [4.78, 5) is 8.89. The lowest BCUT2D eigenvalue weighted by atomic mass is 9.79. The summed E-state index contributed by atoms with van der Waals surface area (Å²) in [6, 6.07) is 4.04. The fourth-order valence-corrected chi connectivity index (χ4v) is 2.95. The van der Waals surface area contributed by atoms with Crippen LogP contribution in [0.3, 0.4) is 0 Å². The molecular weight excluding hydrogens is 319 g/mol. The Bertz CT molecular complexity index is 741. The molecule has 6 nitrogen and oxygen atoms in total. The Morgan fingerprint density at radius 2 is 2.16 bits per heavy atom. The van der Waals surface area contributed by atoms with Crippen LogP contribution in [0.1, 0.15) is 30.5 Å². The molecule has 25 heavy (non-hydrogen) atoms. The third-order valence-electron chi connectivity index (χ3n) is 4.34. The molecule has 132 valence electrons. The summed E-state index contributed by atoms with van der Waals surface area (Å²) < 4.78 is 16.3. The minimum atomic E-state index is -0.688. The second-order valence-electron chi connectivity index (χ2n) is 6.20. The van der Waals surface area contributed by atoms with E-state index >= 15 is 0 Å². The minimum Gasteiger partial charge on any atom is -0.488 e. The van der Waals surface area contributed by atoms with E-state index in [9.17, 15) is 5.02 Å². The smallest absolute Gasteiger partial charge is 0.454 e. The maximum Gasteiger partial charge on any atom is 0.454 e. The Morgan fingerprint density at radius 1 is 1.32 bits per heavy atom. The number of rotatable bonds is 6. The molecule has 0 aromatic carbocycles. The van der Waals surface area contributed by atoms with Crippen molar-refractivity contribution in [3.05, 3.63) is 35.8 Å². The fraction of sp³-hybridized carbons (Fsp3) is 0.444. The summed E-state index contributed by atoms with van der Waals surface area (Å²) >= 11 is 0. The highest BCUT2D eigenvalue weighted by atomic mass is 16.5. The largest absolute Gasteiger partial charge is 0.488 e. The molecular formula is C18H23BN2O4. The Morgan fingerprint density at radius 3 is 2.84 bits per heavy atom. The lowest BCUT2D eigenvalue weighted by Gasteiger charge is -2.14. The van der Waals surface area contributed by atoms with Gasteiger partial charge in [0.05, 0.1) is 13.7 Å². The number of ether oxygens (including phenoxy) is 2. The molecule has 0 aliphatic carbocycles. The highest BCUT2D eigenvalue weighted by Crippen LogP contribution is 2.34. The number of pyridine rings is 2. The van der Waals surface area contributed by atoms with Gasteiger partial charge < -0.3 is 19.2 Å². The van der Waals surface area contributed by atoms with Crippen molar-refractivity contribution in [2.24, 2.45) is 0 Å². The normalized spacial score (nSPS) is 17.0. The van der Waals surface area contributed by atoms with E-state index in [-0.39, 0.29) is 5.92 Å². The topological polar surface area (TPSA) is 73.7 Å². The van der Waals surface area contributed by atoms with Crippen molar-refractivity contribution in [3.63, 3.8) is 0 Å². The van der Waals surface area contributed by atoms with Crippen molar-refractivity contribution in [2.45, 2.75) is 32.5 Å². The lowest BCUT2D eigenvalue weighted by Crippen LogP contribution is -2.07. The molecule has 0 bridgehead atoms. The van der Waals surface area contributed by atoms with Gasteiger partial charge in [0.15, 0.2) is 5.75 Å². The van der Waals surface area contributed by atoms with E-state index < -0.39 is 7.12 Å². The van der Waals surface area contributed by atoms with Gasteiger partial charge in [0.1, 0.15) is 0 Å². The van der Waals surface area contributed by atoms with Gasteiger partial charge in [-0.3, -0.25) is 4.98 Å². The van der Waals surface area contributed by atoms with E-state index in [1.165, 1.54) is 0 Å². The van der Waals surface area contributed by atoms with Gasteiger partial charge in [-0.2, -0.15) is 0 Å². The molecule has 1 aliphatic rings. The molecule has 1 aliphatic heterocycles. The molecule has 3 rings (SSSR count). The molecule has 0 saturated carbocycles. The first kappa shape index (κ1) is 17.7. The van der Waals surface area contributed by atoms with E-state index in [2.05, 4.69) is 23.0 Å². The van der Waals surface area contributed by atoms with Crippen molar-refractivity contribution >= 4 is 7.12 Å². The van der Waals surface area contributed by atoms with Gasteiger partial charge in [-0.05, 0) is 37.4 Å². The number of hydrogen-bond acceptors (Lipinski definition) is 6. The van der Waals surface area contributed by atoms with Crippen LogP contribution in [-0.4, -0.2) is 42.4 Å². The maximum absolute atomic E-state index is 9.60. The standard InChI is InChI=1S/C18H23BN2O4/c1-4-5-24-17-7-14(10-21-18(17)23-3)16-6-13(9-20-12(16)2)15-8-19(22)25-11-15/h6-7,9-10,15,22H,4-5,8,11H2,1-3H3/t15-/m1/s1. The molecule has 7 heteroatoms. The molecule has 3 heterocycles. The lowest BCUT2D eigenvalue weighted by molar-refractivity contribution is 0.289. The molecule has 2 aromatic heterocycles. The van der Waals surface area contributed by atoms with E-state index in [4.69, 9.17) is 14.1 Å². The summed E-state index contributed by atoms with van der Waals surface area (Å²) in [5, 5.41) is 9.60. The van der Waals surface area contributed by atoms with Gasteiger partial charge in [-0.15, -0.1) is 0 Å². The number of nitrogens with zero attached hydrogens (tertiary/aromatic N) is 2. The van der Waals surface area contributed by atoms with Crippen LogP contribution < -0.4 is 9.47 Å². The molecule has 1 saturated heterocycles. The Kier molecular flexibility index (Phi) is 5.55. The molecule has 2 aromatic rings.